The average molecular weight is 678 g/mol. The second kappa shape index (κ2) is 15.9. The molecule has 2 aliphatic heterocycles. The Balaban J connectivity index is 0.000000169. The number of aromatic nitrogens is 2. The number of methoxy groups -OCH3 is 1. The van der Waals surface area contributed by atoms with Gasteiger partial charge in [0.25, 0.3) is 5.91 Å². The summed E-state index contributed by atoms with van der Waals surface area (Å²) in [6.45, 7) is 4.07. The largest absolute Gasteiger partial charge is 0.496 e. The fourth-order valence-electron chi connectivity index (χ4n) is 7.13. The molecule has 2 amide bonds. The van der Waals surface area contributed by atoms with E-state index in [1.54, 1.807) is 13.4 Å². The van der Waals surface area contributed by atoms with Crippen LogP contribution in [0.5, 0.6) is 5.75 Å². The second-order valence-electron chi connectivity index (χ2n) is 13.1. The van der Waals surface area contributed by atoms with Crippen LogP contribution in [-0.2, 0) is 30.7 Å². The average Bonchev–Trinajstić information content (AvgIpc) is 3.67. The predicted octanol–water partition coefficient (Wildman–Crippen LogP) is 6.76. The van der Waals surface area contributed by atoms with Gasteiger partial charge in [0, 0.05) is 49.8 Å². The fourth-order valence-corrected chi connectivity index (χ4v) is 7.13. The number of imidazole rings is 1. The van der Waals surface area contributed by atoms with Crippen molar-refractivity contribution in [2.24, 2.45) is 0 Å². The van der Waals surface area contributed by atoms with Crippen molar-refractivity contribution in [3.63, 3.8) is 0 Å². The van der Waals surface area contributed by atoms with Crippen LogP contribution in [0.25, 0.3) is 11.0 Å². The van der Waals surface area contributed by atoms with E-state index in [4.69, 9.17) is 4.74 Å². The highest BCUT2D eigenvalue weighted by atomic mass is 16.5. The lowest BCUT2D eigenvalue weighted by molar-refractivity contribution is -0.122. The molecule has 0 atom stereocenters. The van der Waals surface area contributed by atoms with Gasteiger partial charge in [0.05, 0.1) is 31.0 Å². The van der Waals surface area contributed by atoms with Crippen LogP contribution in [0.3, 0.4) is 0 Å². The number of amides is 2. The number of H-pyrrole nitrogens is 1. The van der Waals surface area contributed by atoms with Crippen LogP contribution in [0.15, 0.2) is 128 Å². The number of carbonyl (C=O) groups excluding carboxylic acids is 2. The maximum atomic E-state index is 12.8. The zero-order valence-electron chi connectivity index (χ0n) is 28.9. The number of rotatable bonds is 8. The van der Waals surface area contributed by atoms with Crippen molar-refractivity contribution < 1.29 is 14.3 Å². The topological polar surface area (TPSA) is 90.6 Å². The maximum Gasteiger partial charge on any atom is 0.254 e. The molecule has 0 unspecified atom stereocenters. The Labute approximate surface area is 299 Å². The number of aromatic amines is 1. The maximum absolute atomic E-state index is 12.8. The summed E-state index contributed by atoms with van der Waals surface area (Å²) in [5.41, 5.74) is 10.0. The number of ether oxygens (including phenoxy) is 1. The highest BCUT2D eigenvalue weighted by Crippen LogP contribution is 2.28. The molecular weight excluding hydrogens is 635 g/mol. The third-order valence-corrected chi connectivity index (χ3v) is 9.89. The molecule has 8 nitrogen and oxygen atoms in total. The molecule has 258 valence electrons. The molecule has 3 heterocycles. The van der Waals surface area contributed by atoms with Crippen LogP contribution < -0.4 is 10.1 Å². The minimum absolute atomic E-state index is 0.0604. The van der Waals surface area contributed by atoms with Crippen LogP contribution in [0, 0.1) is 0 Å². The molecule has 0 saturated carbocycles. The summed E-state index contributed by atoms with van der Waals surface area (Å²) in [4.78, 5) is 36.8. The monoisotopic (exact) mass is 677 g/mol. The van der Waals surface area contributed by atoms with Gasteiger partial charge in [-0.25, -0.2) is 4.98 Å². The fraction of sp³-hybridized carbons (Fsp3) is 0.233. The standard InChI is InChI=1S/C26H28N2O2.C17H15N3O/c1-30-25-14-8-13-22-15-16-28(18-24(22)25)19-26(29)27-17-23(20-9-4-2-5-10-20)21-11-6-3-7-12-21;21-17(13-5-6-15-16(9-13)19-11-18-15)20-8-7-12-3-1-2-4-14(12)10-20/h2-14,23H,15-19H2,1H3,(H,27,29);1-6,9,11H,7-8,10H2,(H,18,19). The van der Waals surface area contributed by atoms with Crippen molar-refractivity contribution in [3.8, 4) is 5.75 Å². The summed E-state index contributed by atoms with van der Waals surface area (Å²) in [5, 5.41) is 3.17. The molecule has 0 aliphatic carbocycles. The summed E-state index contributed by atoms with van der Waals surface area (Å²) < 4.78 is 5.52. The lowest BCUT2D eigenvalue weighted by Crippen LogP contribution is -2.41. The molecule has 51 heavy (non-hydrogen) atoms. The zero-order chi connectivity index (χ0) is 35.0. The molecule has 0 fully saturated rings. The number of carbonyl (C=O) groups is 2. The molecule has 1 aromatic heterocycles. The van der Waals surface area contributed by atoms with Gasteiger partial charge in [0.2, 0.25) is 5.91 Å². The lowest BCUT2D eigenvalue weighted by atomic mass is 9.91. The van der Waals surface area contributed by atoms with Crippen molar-refractivity contribution in [1.82, 2.24) is 25.1 Å². The van der Waals surface area contributed by atoms with E-state index in [2.05, 4.69) is 68.7 Å². The van der Waals surface area contributed by atoms with E-state index in [0.29, 0.717) is 25.2 Å². The highest BCUT2D eigenvalue weighted by Gasteiger charge is 2.23. The molecule has 2 N–H and O–H groups in total. The Hall–Kier alpha value is -5.73. The molecule has 8 heteroatoms. The Kier molecular flexibility index (Phi) is 10.5. The van der Waals surface area contributed by atoms with Crippen molar-refractivity contribution >= 4 is 22.8 Å². The Bertz CT molecular complexity index is 2040. The quantitative estimate of drug-likeness (QED) is 0.186. The van der Waals surface area contributed by atoms with Crippen LogP contribution in [0.2, 0.25) is 0 Å². The van der Waals surface area contributed by atoms with E-state index in [1.807, 2.05) is 77.7 Å². The Morgan fingerprint density at radius 3 is 2.22 bits per heavy atom. The number of benzene rings is 5. The van der Waals surface area contributed by atoms with E-state index in [-0.39, 0.29) is 17.7 Å². The first-order chi connectivity index (χ1) is 25.1. The van der Waals surface area contributed by atoms with E-state index in [9.17, 15) is 9.59 Å². The summed E-state index contributed by atoms with van der Waals surface area (Å²) in [7, 11) is 1.70. The lowest BCUT2D eigenvalue weighted by Gasteiger charge is -2.29. The van der Waals surface area contributed by atoms with Gasteiger partial charge in [-0.2, -0.15) is 0 Å². The number of fused-ring (bicyclic) bond motifs is 3. The van der Waals surface area contributed by atoms with E-state index < -0.39 is 0 Å². The normalized spacial score (nSPS) is 13.9. The smallest absolute Gasteiger partial charge is 0.254 e. The zero-order valence-corrected chi connectivity index (χ0v) is 28.9. The number of hydrogen-bond acceptors (Lipinski definition) is 5. The molecule has 2 aliphatic rings. The number of nitrogens with one attached hydrogen (secondary N) is 2. The third-order valence-electron chi connectivity index (χ3n) is 9.89. The van der Waals surface area contributed by atoms with Crippen molar-refractivity contribution in [2.45, 2.75) is 31.8 Å². The summed E-state index contributed by atoms with van der Waals surface area (Å²) >= 11 is 0. The molecule has 0 radical (unpaired) electrons. The van der Waals surface area contributed by atoms with Gasteiger partial charge in [0.1, 0.15) is 5.75 Å². The Morgan fingerprint density at radius 1 is 0.784 bits per heavy atom. The van der Waals surface area contributed by atoms with Crippen molar-refractivity contribution in [2.75, 3.05) is 33.3 Å². The van der Waals surface area contributed by atoms with Crippen LogP contribution in [0.1, 0.15) is 49.7 Å². The van der Waals surface area contributed by atoms with Gasteiger partial charge in [0.15, 0.2) is 0 Å². The van der Waals surface area contributed by atoms with Crippen LogP contribution >= 0.6 is 0 Å². The van der Waals surface area contributed by atoms with E-state index in [0.717, 1.165) is 49.3 Å². The van der Waals surface area contributed by atoms with Gasteiger partial charge in [-0.3, -0.25) is 14.5 Å². The minimum atomic E-state index is 0.0604. The molecule has 8 rings (SSSR count). The molecule has 0 bridgehead atoms. The number of nitrogens with zero attached hydrogens (tertiary/aromatic N) is 3. The van der Waals surface area contributed by atoms with Crippen molar-refractivity contribution in [3.05, 3.63) is 167 Å². The SMILES string of the molecule is COc1cccc2c1CN(CC(=O)NCC(c1ccccc1)c1ccccc1)CC2.O=C(c1ccc2nc[nH]c2c1)N1CCc2ccccc2C1. The van der Waals surface area contributed by atoms with Gasteiger partial charge in [-0.1, -0.05) is 97.1 Å². The summed E-state index contributed by atoms with van der Waals surface area (Å²) in [6, 6.07) is 40.9. The highest BCUT2D eigenvalue weighted by molar-refractivity contribution is 5.97. The summed E-state index contributed by atoms with van der Waals surface area (Å²) in [6.07, 6.45) is 3.51. The predicted molar refractivity (Wildman–Crippen MR) is 201 cm³/mol. The molecule has 5 aromatic carbocycles. The van der Waals surface area contributed by atoms with Gasteiger partial charge in [-0.05, 0) is 64.9 Å². The molecule has 6 aromatic rings. The van der Waals surface area contributed by atoms with Gasteiger partial charge >= 0.3 is 0 Å². The van der Waals surface area contributed by atoms with Gasteiger partial charge < -0.3 is 19.9 Å². The third kappa shape index (κ3) is 8.03. The van der Waals surface area contributed by atoms with Crippen molar-refractivity contribution in [1.29, 1.82) is 0 Å². The minimum Gasteiger partial charge on any atom is -0.496 e. The first-order valence-corrected chi connectivity index (χ1v) is 17.6. The van der Waals surface area contributed by atoms with E-state index >= 15 is 0 Å². The first-order valence-electron chi connectivity index (χ1n) is 17.6. The van der Waals surface area contributed by atoms with Gasteiger partial charge in [-0.15, -0.1) is 0 Å². The number of hydrogen-bond donors (Lipinski definition) is 2. The van der Waals surface area contributed by atoms with Crippen LogP contribution in [-0.4, -0.2) is 64.9 Å². The second-order valence-corrected chi connectivity index (χ2v) is 13.1. The molecule has 0 spiro atoms. The summed E-state index contributed by atoms with van der Waals surface area (Å²) in [5.74, 6) is 1.19. The van der Waals surface area contributed by atoms with E-state index in [1.165, 1.54) is 33.4 Å². The molecule has 0 saturated heterocycles. The first kappa shape index (κ1) is 33.8. The molecular formula is C43H43N5O3. The Morgan fingerprint density at radius 2 is 1.47 bits per heavy atom. The van der Waals surface area contributed by atoms with Crippen LogP contribution in [0.4, 0.5) is 0 Å².